The lowest BCUT2D eigenvalue weighted by Gasteiger charge is -2.11. The maximum absolute atomic E-state index is 13.2. The van der Waals surface area contributed by atoms with Gasteiger partial charge in [-0.2, -0.15) is 0 Å². The third-order valence-corrected chi connectivity index (χ3v) is 9.26. The van der Waals surface area contributed by atoms with Crippen molar-refractivity contribution < 1.29 is 22.7 Å². The van der Waals surface area contributed by atoms with Crippen molar-refractivity contribution in [2.24, 2.45) is 0 Å². The van der Waals surface area contributed by atoms with E-state index in [0.29, 0.717) is 41.3 Å². The molecule has 0 atom stereocenters. The third-order valence-electron chi connectivity index (χ3n) is 7.43. The van der Waals surface area contributed by atoms with Crippen molar-refractivity contribution in [1.82, 2.24) is 15.0 Å². The fourth-order valence-electron chi connectivity index (χ4n) is 5.20. The molecule has 1 aromatic heterocycles. The number of H-pyrrole nitrogens is 1. The van der Waals surface area contributed by atoms with Gasteiger partial charge >= 0.3 is 0 Å². The second-order valence-electron chi connectivity index (χ2n) is 10.8. The Hall–Kier alpha value is -4.60. The standard InChI is InChI=1S/C35H34ClN3O5S/c1-23-20-28(21-24(2)32(23)36)44-18-9-15-30-29-14-6-7-16-31(29)38-33(30)35(41)39-45(42,43)19-17-37-34(40)27-13-8-12-26(22-27)25-10-4-3-5-11-25/h3-8,10-14,16,20-22,38H,9,15,17-19H2,1-2H3,(H,37,40)(H,39,41). The Balaban J connectivity index is 1.19. The van der Waals surface area contributed by atoms with E-state index in [1.165, 1.54) is 0 Å². The molecule has 0 aliphatic heterocycles. The molecular formula is C35H34ClN3O5S. The first kappa shape index (κ1) is 31.8. The summed E-state index contributed by atoms with van der Waals surface area (Å²) in [6, 6.07) is 27.9. The van der Waals surface area contributed by atoms with Gasteiger partial charge in [0.1, 0.15) is 11.4 Å². The predicted octanol–water partition coefficient (Wildman–Crippen LogP) is 6.61. The van der Waals surface area contributed by atoms with Gasteiger partial charge in [-0.1, -0.05) is 72.3 Å². The number of hydrogen-bond donors (Lipinski definition) is 3. The van der Waals surface area contributed by atoms with Crippen LogP contribution in [-0.2, 0) is 16.4 Å². The van der Waals surface area contributed by atoms with Crippen LogP contribution in [0.1, 0.15) is 44.0 Å². The Labute approximate surface area is 267 Å². The number of halogens is 1. The molecule has 1 heterocycles. The molecule has 10 heteroatoms. The fourth-order valence-corrected chi connectivity index (χ4v) is 6.16. The van der Waals surface area contributed by atoms with Gasteiger partial charge in [0, 0.05) is 28.0 Å². The number of benzene rings is 4. The van der Waals surface area contributed by atoms with Crippen molar-refractivity contribution in [2.45, 2.75) is 26.7 Å². The highest BCUT2D eigenvalue weighted by Crippen LogP contribution is 2.27. The number of aromatic nitrogens is 1. The molecule has 0 spiro atoms. The molecule has 0 aliphatic carbocycles. The number of ether oxygens (including phenoxy) is 1. The molecule has 4 aromatic carbocycles. The molecule has 8 nitrogen and oxygen atoms in total. The van der Waals surface area contributed by atoms with Gasteiger partial charge in [0.05, 0.1) is 12.4 Å². The molecule has 0 aliphatic rings. The van der Waals surface area contributed by atoms with Crippen molar-refractivity contribution in [3.63, 3.8) is 0 Å². The van der Waals surface area contributed by atoms with E-state index in [2.05, 4.69) is 15.0 Å². The lowest BCUT2D eigenvalue weighted by Crippen LogP contribution is -2.37. The molecule has 0 radical (unpaired) electrons. The Morgan fingerprint density at radius 1 is 0.844 bits per heavy atom. The van der Waals surface area contributed by atoms with E-state index in [4.69, 9.17) is 16.3 Å². The molecule has 2 amide bonds. The van der Waals surface area contributed by atoms with Gasteiger partial charge < -0.3 is 15.0 Å². The maximum atomic E-state index is 13.2. The zero-order valence-corrected chi connectivity index (χ0v) is 26.6. The normalized spacial score (nSPS) is 11.4. The largest absolute Gasteiger partial charge is 0.494 e. The van der Waals surface area contributed by atoms with Crippen LogP contribution in [0.15, 0.2) is 91.0 Å². The number of aromatic amines is 1. The minimum atomic E-state index is -4.05. The molecule has 232 valence electrons. The van der Waals surface area contributed by atoms with Gasteiger partial charge in [0.2, 0.25) is 10.0 Å². The summed E-state index contributed by atoms with van der Waals surface area (Å²) in [5, 5.41) is 4.19. The molecule has 0 unspecified atom stereocenters. The predicted molar refractivity (Wildman–Crippen MR) is 179 cm³/mol. The lowest BCUT2D eigenvalue weighted by atomic mass is 10.0. The number of amides is 2. The highest BCUT2D eigenvalue weighted by atomic mass is 35.5. The number of para-hydroxylation sites is 1. The van der Waals surface area contributed by atoms with Crippen LogP contribution in [-0.4, -0.2) is 44.1 Å². The van der Waals surface area contributed by atoms with E-state index in [1.54, 1.807) is 18.2 Å². The number of rotatable bonds is 12. The number of aryl methyl sites for hydroxylation is 3. The summed E-state index contributed by atoms with van der Waals surface area (Å²) in [7, 11) is -4.05. The summed E-state index contributed by atoms with van der Waals surface area (Å²) < 4.78 is 33.8. The van der Waals surface area contributed by atoms with Crippen LogP contribution in [0.3, 0.4) is 0 Å². The molecule has 5 rings (SSSR count). The lowest BCUT2D eigenvalue weighted by molar-refractivity contribution is 0.0954. The molecule has 45 heavy (non-hydrogen) atoms. The Morgan fingerprint density at radius 2 is 1.53 bits per heavy atom. The number of hydrogen-bond acceptors (Lipinski definition) is 5. The van der Waals surface area contributed by atoms with Crippen LogP contribution in [0.25, 0.3) is 22.0 Å². The third kappa shape index (κ3) is 7.92. The first-order chi connectivity index (χ1) is 21.6. The average molecular weight is 644 g/mol. The molecule has 0 fully saturated rings. The van der Waals surface area contributed by atoms with Gasteiger partial charge in [-0.15, -0.1) is 0 Å². The summed E-state index contributed by atoms with van der Waals surface area (Å²) in [6.07, 6.45) is 1.07. The fraction of sp³-hybridized carbons (Fsp3) is 0.200. The number of carbonyl (C=O) groups excluding carboxylic acids is 2. The number of fused-ring (bicyclic) bond motifs is 1. The van der Waals surface area contributed by atoms with E-state index < -0.39 is 27.6 Å². The van der Waals surface area contributed by atoms with E-state index in [0.717, 1.165) is 33.2 Å². The zero-order valence-electron chi connectivity index (χ0n) is 25.0. The summed E-state index contributed by atoms with van der Waals surface area (Å²) in [6.45, 7) is 4.07. The first-order valence-corrected chi connectivity index (χ1v) is 16.6. The first-order valence-electron chi connectivity index (χ1n) is 14.6. The summed E-state index contributed by atoms with van der Waals surface area (Å²) in [4.78, 5) is 29.1. The van der Waals surface area contributed by atoms with Crippen molar-refractivity contribution in [3.8, 4) is 16.9 Å². The van der Waals surface area contributed by atoms with Gasteiger partial charge in [-0.25, -0.2) is 13.1 Å². The number of sulfonamides is 1. The van der Waals surface area contributed by atoms with Gasteiger partial charge in [0.15, 0.2) is 0 Å². The smallest absolute Gasteiger partial charge is 0.281 e. The van der Waals surface area contributed by atoms with Crippen molar-refractivity contribution in [1.29, 1.82) is 0 Å². The SMILES string of the molecule is Cc1cc(OCCCc2c(C(=O)NS(=O)(=O)CCNC(=O)c3cccc(-c4ccccc4)c3)[nH]c3ccccc23)cc(C)c1Cl. The summed E-state index contributed by atoms with van der Waals surface area (Å²) in [5.74, 6) is -0.911. The van der Waals surface area contributed by atoms with Crippen LogP contribution >= 0.6 is 11.6 Å². The van der Waals surface area contributed by atoms with Crippen molar-refractivity contribution >= 4 is 44.3 Å². The van der Waals surface area contributed by atoms with Crippen LogP contribution in [0.5, 0.6) is 5.75 Å². The molecule has 0 saturated heterocycles. The van der Waals surface area contributed by atoms with E-state index in [1.807, 2.05) is 86.6 Å². The van der Waals surface area contributed by atoms with Gasteiger partial charge in [-0.3, -0.25) is 9.59 Å². The van der Waals surface area contributed by atoms with Crippen LogP contribution in [0.4, 0.5) is 0 Å². The molecule has 0 bridgehead atoms. The molecular weight excluding hydrogens is 610 g/mol. The Bertz CT molecular complexity index is 1930. The Morgan fingerprint density at radius 3 is 2.29 bits per heavy atom. The van der Waals surface area contributed by atoms with Gasteiger partial charge in [-0.05, 0) is 84.8 Å². The molecule has 0 saturated carbocycles. The minimum Gasteiger partial charge on any atom is -0.494 e. The van der Waals surface area contributed by atoms with Crippen molar-refractivity contribution in [2.75, 3.05) is 18.9 Å². The Kier molecular flexibility index (Phi) is 9.90. The maximum Gasteiger partial charge on any atom is 0.281 e. The average Bonchev–Trinajstić information content (AvgIpc) is 3.41. The zero-order chi connectivity index (χ0) is 32.0. The number of nitrogens with one attached hydrogen (secondary N) is 3. The minimum absolute atomic E-state index is 0.169. The van der Waals surface area contributed by atoms with E-state index in [9.17, 15) is 18.0 Å². The number of carbonyl (C=O) groups is 2. The van der Waals surface area contributed by atoms with Crippen LogP contribution < -0.4 is 14.8 Å². The van der Waals surface area contributed by atoms with E-state index >= 15 is 0 Å². The second kappa shape index (κ2) is 14.0. The highest BCUT2D eigenvalue weighted by Gasteiger charge is 2.22. The van der Waals surface area contributed by atoms with Crippen LogP contribution in [0, 0.1) is 13.8 Å². The monoisotopic (exact) mass is 643 g/mol. The topological polar surface area (TPSA) is 117 Å². The van der Waals surface area contributed by atoms with Gasteiger partial charge in [0.25, 0.3) is 11.8 Å². The van der Waals surface area contributed by atoms with Crippen molar-refractivity contribution in [3.05, 3.63) is 124 Å². The molecule has 5 aromatic rings. The highest BCUT2D eigenvalue weighted by molar-refractivity contribution is 7.90. The quantitative estimate of drug-likeness (QED) is 0.132. The summed E-state index contributed by atoms with van der Waals surface area (Å²) in [5.41, 5.74) is 5.72. The second-order valence-corrected chi connectivity index (χ2v) is 13.0. The van der Waals surface area contributed by atoms with Crippen LogP contribution in [0.2, 0.25) is 5.02 Å². The summed E-state index contributed by atoms with van der Waals surface area (Å²) >= 11 is 6.26. The van der Waals surface area contributed by atoms with E-state index in [-0.39, 0.29) is 12.2 Å². The molecule has 3 N–H and O–H groups in total.